The van der Waals surface area contributed by atoms with Gasteiger partial charge in [0.25, 0.3) is 0 Å². The van der Waals surface area contributed by atoms with E-state index in [1.807, 2.05) is 45.0 Å². The van der Waals surface area contributed by atoms with Crippen LogP contribution >= 0.6 is 0 Å². The van der Waals surface area contributed by atoms with Gasteiger partial charge in [-0.1, -0.05) is 19.9 Å². The Bertz CT molecular complexity index is 261. The number of hydrogen-bond donors (Lipinski definition) is 0. The highest BCUT2D eigenvalue weighted by atomic mass is 14.7. The molecule has 0 saturated heterocycles. The van der Waals surface area contributed by atoms with Gasteiger partial charge in [0, 0.05) is 5.69 Å². The van der Waals surface area contributed by atoms with Gasteiger partial charge in [-0.3, -0.25) is 4.98 Å². The topological polar surface area (TPSA) is 36.7 Å². The molecule has 0 N–H and O–H groups in total. The average Bonchev–Trinajstić information content (AvgIpc) is 2.09. The van der Waals surface area contributed by atoms with E-state index in [4.69, 9.17) is 5.26 Å². The summed E-state index contributed by atoms with van der Waals surface area (Å²) in [4.78, 5) is 4.14. The van der Waals surface area contributed by atoms with E-state index in [9.17, 15) is 0 Å². The van der Waals surface area contributed by atoms with Crippen molar-refractivity contribution in [3.05, 3.63) is 29.6 Å². The average molecular weight is 162 g/mol. The number of pyridine rings is 1. The molecule has 0 aromatic carbocycles. The van der Waals surface area contributed by atoms with Gasteiger partial charge in [-0.25, -0.2) is 0 Å². The number of rotatable bonds is 1. The van der Waals surface area contributed by atoms with E-state index in [0.717, 1.165) is 11.4 Å². The lowest BCUT2D eigenvalue weighted by Crippen LogP contribution is -1.88. The van der Waals surface area contributed by atoms with E-state index >= 15 is 0 Å². The molecule has 0 fully saturated rings. The second kappa shape index (κ2) is 6.36. The minimum atomic E-state index is 0.404. The molecule has 1 aromatic rings. The van der Waals surface area contributed by atoms with Crippen molar-refractivity contribution in [2.24, 2.45) is 0 Å². The van der Waals surface area contributed by atoms with Gasteiger partial charge in [0.1, 0.15) is 0 Å². The van der Waals surface area contributed by atoms with Crippen LogP contribution in [0, 0.1) is 18.3 Å². The van der Waals surface area contributed by atoms with Crippen LogP contribution in [0.2, 0.25) is 0 Å². The Morgan fingerprint density at radius 2 is 2.08 bits per heavy atom. The smallest absolute Gasteiger partial charge is 0.0774 e. The Labute approximate surface area is 73.9 Å². The lowest BCUT2D eigenvalue weighted by Gasteiger charge is -1.93. The maximum absolute atomic E-state index is 8.32. The molecule has 0 aliphatic carbocycles. The molecule has 2 heteroatoms. The zero-order valence-corrected chi connectivity index (χ0v) is 7.83. The largest absolute Gasteiger partial charge is 0.257 e. The molecule has 1 heterocycles. The molecule has 0 saturated carbocycles. The SMILES string of the molecule is CC.Cc1cccc(CC#N)n1. The zero-order chi connectivity index (χ0) is 9.40. The van der Waals surface area contributed by atoms with Crippen molar-refractivity contribution in [2.45, 2.75) is 27.2 Å². The van der Waals surface area contributed by atoms with Gasteiger partial charge in [0.2, 0.25) is 0 Å². The molecule has 0 amide bonds. The highest BCUT2D eigenvalue weighted by Crippen LogP contribution is 1.97. The molecule has 0 aliphatic rings. The zero-order valence-electron chi connectivity index (χ0n) is 7.83. The van der Waals surface area contributed by atoms with E-state index in [-0.39, 0.29) is 0 Å². The van der Waals surface area contributed by atoms with E-state index in [0.29, 0.717) is 6.42 Å². The second-order valence-corrected chi connectivity index (χ2v) is 2.11. The van der Waals surface area contributed by atoms with Gasteiger partial charge >= 0.3 is 0 Å². The van der Waals surface area contributed by atoms with E-state index in [1.54, 1.807) is 0 Å². The van der Waals surface area contributed by atoms with Crippen LogP contribution in [0.4, 0.5) is 0 Å². The van der Waals surface area contributed by atoms with Crippen LogP contribution in [0.15, 0.2) is 18.2 Å². The van der Waals surface area contributed by atoms with Crippen LogP contribution < -0.4 is 0 Å². The minimum Gasteiger partial charge on any atom is -0.257 e. The third kappa shape index (κ3) is 3.72. The quantitative estimate of drug-likeness (QED) is 0.636. The summed E-state index contributed by atoms with van der Waals surface area (Å²) in [5.74, 6) is 0. The molecular formula is C10H14N2. The van der Waals surface area contributed by atoms with Crippen LogP contribution in [-0.2, 0) is 6.42 Å². The predicted octanol–water partition coefficient (Wildman–Crippen LogP) is 2.48. The number of hydrogen-bond acceptors (Lipinski definition) is 2. The Morgan fingerprint density at radius 1 is 1.42 bits per heavy atom. The molecule has 0 aliphatic heterocycles. The molecule has 12 heavy (non-hydrogen) atoms. The van der Waals surface area contributed by atoms with Crippen molar-refractivity contribution in [2.75, 3.05) is 0 Å². The van der Waals surface area contributed by atoms with Gasteiger partial charge in [-0.15, -0.1) is 0 Å². The van der Waals surface area contributed by atoms with E-state index in [1.165, 1.54) is 0 Å². The third-order valence-electron chi connectivity index (χ3n) is 1.21. The first-order valence-electron chi connectivity index (χ1n) is 4.12. The highest BCUT2D eigenvalue weighted by molar-refractivity contribution is 5.12. The van der Waals surface area contributed by atoms with Crippen molar-refractivity contribution in [3.8, 4) is 6.07 Å². The Hall–Kier alpha value is -1.36. The predicted molar refractivity (Wildman–Crippen MR) is 49.6 cm³/mol. The number of aromatic nitrogens is 1. The summed E-state index contributed by atoms with van der Waals surface area (Å²) < 4.78 is 0. The van der Waals surface area contributed by atoms with Gasteiger partial charge in [-0.05, 0) is 19.1 Å². The Kier molecular flexibility index (Phi) is 5.64. The maximum atomic E-state index is 8.32. The van der Waals surface area contributed by atoms with Gasteiger partial charge in [0.05, 0.1) is 18.2 Å². The summed E-state index contributed by atoms with van der Waals surface area (Å²) in [5, 5.41) is 8.32. The Morgan fingerprint density at radius 3 is 2.58 bits per heavy atom. The number of aryl methyl sites for hydroxylation is 1. The summed E-state index contributed by atoms with van der Waals surface area (Å²) in [6.45, 7) is 5.92. The standard InChI is InChI=1S/C8H8N2.C2H6/c1-7-3-2-4-8(10-7)5-6-9;1-2/h2-4H,5H2,1H3;1-2H3. The molecule has 1 rings (SSSR count). The Balaban J connectivity index is 0.000000561. The molecule has 0 bridgehead atoms. The van der Waals surface area contributed by atoms with Crippen LogP contribution in [0.1, 0.15) is 25.2 Å². The number of nitriles is 1. The molecule has 0 unspecified atom stereocenters. The van der Waals surface area contributed by atoms with Crippen molar-refractivity contribution in [1.29, 1.82) is 5.26 Å². The van der Waals surface area contributed by atoms with Crippen molar-refractivity contribution >= 4 is 0 Å². The van der Waals surface area contributed by atoms with Crippen molar-refractivity contribution in [3.63, 3.8) is 0 Å². The summed E-state index contributed by atoms with van der Waals surface area (Å²) in [5.41, 5.74) is 1.82. The normalized spacial score (nSPS) is 7.83. The monoisotopic (exact) mass is 162 g/mol. The van der Waals surface area contributed by atoms with Crippen LogP contribution in [0.3, 0.4) is 0 Å². The minimum absolute atomic E-state index is 0.404. The van der Waals surface area contributed by atoms with E-state index < -0.39 is 0 Å². The molecular weight excluding hydrogens is 148 g/mol. The maximum Gasteiger partial charge on any atom is 0.0774 e. The van der Waals surface area contributed by atoms with Crippen molar-refractivity contribution < 1.29 is 0 Å². The van der Waals surface area contributed by atoms with Crippen LogP contribution in [0.5, 0.6) is 0 Å². The fourth-order valence-electron chi connectivity index (χ4n) is 0.779. The van der Waals surface area contributed by atoms with Gasteiger partial charge in [-0.2, -0.15) is 5.26 Å². The lowest BCUT2D eigenvalue weighted by molar-refractivity contribution is 1.07. The molecule has 64 valence electrons. The van der Waals surface area contributed by atoms with Gasteiger partial charge in [0.15, 0.2) is 0 Å². The summed E-state index contributed by atoms with van der Waals surface area (Å²) in [6.07, 6.45) is 0.404. The first-order valence-corrected chi connectivity index (χ1v) is 4.12. The third-order valence-corrected chi connectivity index (χ3v) is 1.21. The second-order valence-electron chi connectivity index (χ2n) is 2.11. The highest BCUT2D eigenvalue weighted by Gasteiger charge is 1.90. The molecule has 0 atom stereocenters. The molecule has 0 radical (unpaired) electrons. The van der Waals surface area contributed by atoms with Gasteiger partial charge < -0.3 is 0 Å². The lowest BCUT2D eigenvalue weighted by atomic mass is 10.2. The first-order chi connectivity index (χ1) is 5.83. The van der Waals surface area contributed by atoms with E-state index in [2.05, 4.69) is 4.98 Å². The molecule has 1 aromatic heterocycles. The first kappa shape index (κ1) is 10.6. The fraction of sp³-hybridized carbons (Fsp3) is 0.400. The van der Waals surface area contributed by atoms with Crippen LogP contribution in [-0.4, -0.2) is 4.98 Å². The molecule has 0 spiro atoms. The fourth-order valence-corrected chi connectivity index (χ4v) is 0.779. The van der Waals surface area contributed by atoms with Crippen LogP contribution in [0.25, 0.3) is 0 Å². The molecule has 2 nitrogen and oxygen atoms in total. The summed E-state index contributed by atoms with van der Waals surface area (Å²) in [7, 11) is 0. The summed E-state index contributed by atoms with van der Waals surface area (Å²) in [6, 6.07) is 7.74. The number of nitrogens with zero attached hydrogens (tertiary/aromatic N) is 2. The summed E-state index contributed by atoms with van der Waals surface area (Å²) >= 11 is 0. The van der Waals surface area contributed by atoms with Crippen molar-refractivity contribution in [1.82, 2.24) is 4.98 Å².